The van der Waals surface area contributed by atoms with Gasteiger partial charge >= 0.3 is 5.97 Å². The van der Waals surface area contributed by atoms with Crippen LogP contribution in [0, 0.1) is 23.0 Å². The Morgan fingerprint density at radius 1 is 1.26 bits per heavy atom. The number of hydrogen-bond acceptors (Lipinski definition) is 8. The molecule has 0 radical (unpaired) electrons. The van der Waals surface area contributed by atoms with E-state index in [1.54, 1.807) is 4.90 Å². The summed E-state index contributed by atoms with van der Waals surface area (Å²) >= 11 is 1.47. The molecule has 3 aromatic rings. The summed E-state index contributed by atoms with van der Waals surface area (Å²) in [6, 6.07) is 13.6. The number of rotatable bonds is 6. The lowest BCUT2D eigenvalue weighted by Gasteiger charge is -2.27. The largest absolute Gasteiger partial charge is 0.467 e. The maximum absolute atomic E-state index is 13.3. The summed E-state index contributed by atoms with van der Waals surface area (Å²) in [4.78, 5) is 39.8. The van der Waals surface area contributed by atoms with Gasteiger partial charge in [0.15, 0.2) is 6.79 Å². The van der Waals surface area contributed by atoms with Crippen molar-refractivity contribution >= 4 is 34.6 Å². The fraction of sp³-hybridized carbons (Fsp3) is 0.280. The molecule has 1 fully saturated rings. The average Bonchev–Trinajstić information content (AvgIpc) is 3.50. The summed E-state index contributed by atoms with van der Waals surface area (Å²) in [6.07, 6.45) is 0.00661. The van der Waals surface area contributed by atoms with Crippen LogP contribution in [0.5, 0.6) is 5.75 Å². The Hall–Kier alpha value is -3.76. The lowest BCUT2D eigenvalue weighted by molar-refractivity contribution is -0.385. The van der Waals surface area contributed by atoms with Gasteiger partial charge in [0.2, 0.25) is 5.91 Å². The number of esters is 1. The van der Waals surface area contributed by atoms with Crippen LogP contribution in [0.25, 0.3) is 0 Å². The molecular formula is C25H22N2O7S. The van der Waals surface area contributed by atoms with Gasteiger partial charge in [-0.05, 0) is 30.5 Å². The molecule has 0 aliphatic carbocycles. The van der Waals surface area contributed by atoms with Crippen molar-refractivity contribution in [1.82, 2.24) is 0 Å². The van der Waals surface area contributed by atoms with E-state index in [2.05, 4.69) is 0 Å². The Morgan fingerprint density at radius 2 is 2.06 bits per heavy atom. The van der Waals surface area contributed by atoms with Gasteiger partial charge in [0.25, 0.3) is 5.69 Å². The molecule has 35 heavy (non-hydrogen) atoms. The highest BCUT2D eigenvalue weighted by molar-refractivity contribution is 7.10. The number of carbonyl (C=O) groups is 2. The van der Waals surface area contributed by atoms with Crippen LogP contribution < -0.4 is 9.64 Å². The van der Waals surface area contributed by atoms with Crippen LogP contribution in [0.1, 0.15) is 34.0 Å². The first-order valence-electron chi connectivity index (χ1n) is 11.0. The van der Waals surface area contributed by atoms with Gasteiger partial charge in [0.05, 0.1) is 23.5 Å². The van der Waals surface area contributed by atoms with Crippen molar-refractivity contribution < 1.29 is 28.7 Å². The normalized spacial score (nSPS) is 19.2. The van der Waals surface area contributed by atoms with E-state index < -0.39 is 22.9 Å². The minimum absolute atomic E-state index is 0.00661. The summed E-state index contributed by atoms with van der Waals surface area (Å²) < 4.78 is 16.4. The molecule has 2 atom stereocenters. The highest BCUT2D eigenvalue weighted by Crippen LogP contribution is 2.44. The van der Waals surface area contributed by atoms with Crippen LogP contribution in [0.2, 0.25) is 0 Å². The van der Waals surface area contributed by atoms with Crippen molar-refractivity contribution in [1.29, 1.82) is 0 Å². The van der Waals surface area contributed by atoms with Gasteiger partial charge in [-0.3, -0.25) is 19.7 Å². The summed E-state index contributed by atoms with van der Waals surface area (Å²) in [7, 11) is 0. The maximum Gasteiger partial charge on any atom is 0.312 e. The topological polar surface area (TPSA) is 108 Å². The second-order valence-electron chi connectivity index (χ2n) is 8.44. The summed E-state index contributed by atoms with van der Waals surface area (Å²) in [6.45, 7) is 1.93. The molecule has 10 heteroatoms. The molecule has 0 bridgehead atoms. The van der Waals surface area contributed by atoms with Crippen molar-refractivity contribution in [3.05, 3.63) is 85.6 Å². The minimum Gasteiger partial charge on any atom is -0.467 e. The number of carbonyl (C=O) groups excluding carboxylic acids is 2. The Balaban J connectivity index is 1.41. The molecular weight excluding hydrogens is 472 g/mol. The fourth-order valence-corrected chi connectivity index (χ4v) is 5.37. The quantitative estimate of drug-likeness (QED) is 0.278. The summed E-state index contributed by atoms with van der Waals surface area (Å²) in [5.41, 5.74) is 2.56. The van der Waals surface area contributed by atoms with Crippen LogP contribution >= 0.6 is 11.3 Å². The zero-order valence-electron chi connectivity index (χ0n) is 18.8. The lowest BCUT2D eigenvalue weighted by Crippen LogP contribution is -2.30. The summed E-state index contributed by atoms with van der Waals surface area (Å²) in [5, 5.41) is 13.3. The number of hydrogen-bond donors (Lipinski definition) is 0. The predicted molar refractivity (Wildman–Crippen MR) is 127 cm³/mol. The molecule has 0 spiro atoms. The fourth-order valence-electron chi connectivity index (χ4n) is 4.49. The second kappa shape index (κ2) is 9.47. The predicted octanol–water partition coefficient (Wildman–Crippen LogP) is 4.67. The number of amides is 1. The third-order valence-corrected chi connectivity index (χ3v) is 7.07. The third kappa shape index (κ3) is 4.50. The van der Waals surface area contributed by atoms with E-state index >= 15 is 0 Å². The van der Waals surface area contributed by atoms with E-state index in [1.165, 1.54) is 23.5 Å². The highest BCUT2D eigenvalue weighted by Gasteiger charge is 2.46. The van der Waals surface area contributed by atoms with E-state index in [0.717, 1.165) is 16.1 Å². The SMILES string of the molecule is Cc1ccc(N2C(=O)CC(C(=O)OCc3cc([N+](=O)[O-])cc4c3OCOC4)C2c2cccs2)cc1. The van der Waals surface area contributed by atoms with Crippen LogP contribution in [0.4, 0.5) is 11.4 Å². The lowest BCUT2D eigenvalue weighted by atomic mass is 9.98. The Bertz CT molecular complexity index is 1270. The molecule has 1 aromatic heterocycles. The molecule has 2 aliphatic heterocycles. The number of anilines is 1. The Labute approximate surface area is 205 Å². The molecule has 3 heterocycles. The molecule has 5 rings (SSSR count). The molecule has 2 aliphatic rings. The van der Waals surface area contributed by atoms with Gasteiger partial charge < -0.3 is 19.1 Å². The maximum atomic E-state index is 13.3. The van der Waals surface area contributed by atoms with Crippen molar-refractivity contribution in [2.75, 3.05) is 11.7 Å². The Kier molecular flexibility index (Phi) is 6.23. The van der Waals surface area contributed by atoms with Gasteiger partial charge in [0.1, 0.15) is 12.4 Å². The van der Waals surface area contributed by atoms with Gasteiger partial charge in [-0.2, -0.15) is 0 Å². The second-order valence-corrected chi connectivity index (χ2v) is 9.42. The smallest absolute Gasteiger partial charge is 0.312 e. The molecule has 1 saturated heterocycles. The monoisotopic (exact) mass is 494 g/mol. The molecule has 1 amide bonds. The number of ether oxygens (including phenoxy) is 3. The minimum atomic E-state index is -0.721. The van der Waals surface area contributed by atoms with E-state index in [1.807, 2.05) is 48.7 Å². The number of nitrogens with zero attached hydrogens (tertiary/aromatic N) is 2. The number of nitro groups is 1. The highest BCUT2D eigenvalue weighted by atomic mass is 32.1. The Morgan fingerprint density at radius 3 is 2.77 bits per heavy atom. The first kappa shape index (κ1) is 23.0. The van der Waals surface area contributed by atoms with Gasteiger partial charge in [-0.1, -0.05) is 23.8 Å². The molecule has 180 valence electrons. The number of thiophene rings is 1. The van der Waals surface area contributed by atoms with Crippen molar-refractivity contribution in [3.8, 4) is 5.75 Å². The van der Waals surface area contributed by atoms with Crippen LogP contribution in [0.15, 0.2) is 53.9 Å². The van der Waals surface area contributed by atoms with Gasteiger partial charge in [-0.15, -0.1) is 11.3 Å². The number of fused-ring (bicyclic) bond motifs is 1. The average molecular weight is 495 g/mol. The molecule has 2 unspecified atom stereocenters. The summed E-state index contributed by atoms with van der Waals surface area (Å²) in [5.74, 6) is -1.00. The van der Waals surface area contributed by atoms with Crippen LogP contribution in [-0.4, -0.2) is 23.6 Å². The van der Waals surface area contributed by atoms with Gasteiger partial charge in [-0.25, -0.2) is 0 Å². The zero-order chi connectivity index (χ0) is 24.5. The van der Waals surface area contributed by atoms with E-state index in [0.29, 0.717) is 16.9 Å². The van der Waals surface area contributed by atoms with E-state index in [4.69, 9.17) is 14.2 Å². The number of aryl methyl sites for hydroxylation is 1. The first-order valence-corrected chi connectivity index (χ1v) is 11.9. The van der Waals surface area contributed by atoms with Gasteiger partial charge in [0, 0.05) is 40.2 Å². The van der Waals surface area contributed by atoms with Crippen molar-refractivity contribution in [3.63, 3.8) is 0 Å². The molecule has 2 aromatic carbocycles. The van der Waals surface area contributed by atoms with E-state index in [9.17, 15) is 19.7 Å². The van der Waals surface area contributed by atoms with E-state index in [-0.39, 0.29) is 38.0 Å². The third-order valence-electron chi connectivity index (χ3n) is 6.12. The standard InChI is InChI=1S/C25H22N2O7S/c1-15-4-6-18(7-5-15)26-22(28)11-20(23(26)21-3-2-8-35-21)25(29)33-13-17-10-19(27(30)31)9-16-12-32-14-34-24(16)17/h2-10,20,23H,11-14H2,1H3. The molecule has 9 nitrogen and oxygen atoms in total. The number of nitro benzene ring substituents is 1. The van der Waals surface area contributed by atoms with Crippen LogP contribution in [0.3, 0.4) is 0 Å². The van der Waals surface area contributed by atoms with Crippen LogP contribution in [-0.2, 0) is 32.3 Å². The zero-order valence-corrected chi connectivity index (χ0v) is 19.7. The van der Waals surface area contributed by atoms with Crippen molar-refractivity contribution in [2.24, 2.45) is 5.92 Å². The van der Waals surface area contributed by atoms with Crippen molar-refractivity contribution in [2.45, 2.75) is 32.6 Å². The number of non-ortho nitro benzene ring substituents is 1. The molecule has 0 N–H and O–H groups in total. The first-order chi connectivity index (χ1) is 16.9. The molecule has 0 saturated carbocycles. The number of benzene rings is 2.